The Morgan fingerprint density at radius 3 is 2.55 bits per heavy atom. The van der Waals surface area contributed by atoms with Gasteiger partial charge in [-0.05, 0) is 24.3 Å². The van der Waals surface area contributed by atoms with E-state index in [0.29, 0.717) is 20.6 Å². The summed E-state index contributed by atoms with van der Waals surface area (Å²) in [5.74, 6) is 0. The fraction of sp³-hybridized carbons (Fsp3) is 0.158. The Balaban J connectivity index is 1.84. The summed E-state index contributed by atoms with van der Waals surface area (Å²) in [6.07, 6.45) is -3.61. The molecular formula is C19H14Cl2F3N3OS. The molecule has 0 N–H and O–H groups in total. The minimum Gasteiger partial charge on any atom is -0.391 e. The highest BCUT2D eigenvalue weighted by molar-refractivity contribution is 7.99. The molecule has 1 aromatic heterocycles. The van der Waals surface area contributed by atoms with Gasteiger partial charge in [0.25, 0.3) is 0 Å². The SMILES string of the molecule is Cn1nc(C(F)(F)F)c(/C=N\OCc2ccc(Cl)cc2Cl)c1Sc1ccccc1. The van der Waals surface area contributed by atoms with Gasteiger partial charge in [0.05, 0.1) is 11.8 Å². The lowest BCUT2D eigenvalue weighted by molar-refractivity contribution is -0.141. The van der Waals surface area contributed by atoms with Crippen LogP contribution in [0.5, 0.6) is 0 Å². The summed E-state index contributed by atoms with van der Waals surface area (Å²) < 4.78 is 41.5. The molecule has 1 heterocycles. The number of rotatable bonds is 6. The van der Waals surface area contributed by atoms with Gasteiger partial charge < -0.3 is 4.84 Å². The lowest BCUT2D eigenvalue weighted by Crippen LogP contribution is -2.09. The minimum atomic E-state index is -4.63. The molecular weight excluding hydrogens is 446 g/mol. The van der Waals surface area contributed by atoms with Crippen molar-refractivity contribution in [2.45, 2.75) is 22.7 Å². The largest absolute Gasteiger partial charge is 0.435 e. The Morgan fingerprint density at radius 1 is 1.17 bits per heavy atom. The molecule has 152 valence electrons. The normalized spacial score (nSPS) is 11.9. The highest BCUT2D eigenvalue weighted by Gasteiger charge is 2.38. The third-order valence-electron chi connectivity index (χ3n) is 3.75. The van der Waals surface area contributed by atoms with E-state index in [9.17, 15) is 13.2 Å². The predicted octanol–water partition coefficient (Wildman–Crippen LogP) is 6.45. The number of nitrogens with zero attached hydrogens (tertiary/aromatic N) is 3. The number of halogens is 5. The molecule has 0 bridgehead atoms. The monoisotopic (exact) mass is 459 g/mol. The third kappa shape index (κ3) is 5.46. The zero-order valence-corrected chi connectivity index (χ0v) is 17.3. The Kier molecular flexibility index (Phi) is 6.77. The second-order valence-corrected chi connectivity index (χ2v) is 7.75. The van der Waals surface area contributed by atoms with Crippen LogP contribution in [0, 0.1) is 0 Å². The van der Waals surface area contributed by atoms with Crippen molar-refractivity contribution in [2.75, 3.05) is 0 Å². The standard InChI is InChI=1S/C19H14Cl2F3N3OS/c1-27-18(29-14-5-3-2-4-6-14)15(17(26-27)19(22,23)24)10-25-28-11-12-7-8-13(20)9-16(12)21/h2-10H,11H2,1H3/b25-10-. The van der Waals surface area contributed by atoms with Crippen LogP contribution >= 0.6 is 35.0 Å². The van der Waals surface area contributed by atoms with Gasteiger partial charge in [-0.1, -0.05) is 64.4 Å². The topological polar surface area (TPSA) is 39.4 Å². The lowest BCUT2D eigenvalue weighted by Gasteiger charge is -2.06. The number of hydrogen-bond donors (Lipinski definition) is 0. The van der Waals surface area contributed by atoms with Gasteiger partial charge in [-0.3, -0.25) is 4.68 Å². The van der Waals surface area contributed by atoms with Crippen molar-refractivity contribution in [3.63, 3.8) is 0 Å². The molecule has 0 aliphatic heterocycles. The van der Waals surface area contributed by atoms with Gasteiger partial charge in [0.1, 0.15) is 11.6 Å². The number of hydrogen-bond acceptors (Lipinski definition) is 4. The fourth-order valence-electron chi connectivity index (χ4n) is 2.41. The van der Waals surface area contributed by atoms with E-state index in [4.69, 9.17) is 28.0 Å². The van der Waals surface area contributed by atoms with E-state index in [0.717, 1.165) is 22.9 Å². The first-order chi connectivity index (χ1) is 13.8. The van der Waals surface area contributed by atoms with Crippen molar-refractivity contribution in [1.29, 1.82) is 0 Å². The number of alkyl halides is 3. The first-order valence-corrected chi connectivity index (χ1v) is 9.79. The van der Waals surface area contributed by atoms with Crippen LogP contribution in [0.4, 0.5) is 13.2 Å². The van der Waals surface area contributed by atoms with E-state index in [1.807, 2.05) is 6.07 Å². The smallest absolute Gasteiger partial charge is 0.391 e. The maximum absolute atomic E-state index is 13.4. The van der Waals surface area contributed by atoms with Crippen LogP contribution in [0.1, 0.15) is 16.8 Å². The highest BCUT2D eigenvalue weighted by Crippen LogP contribution is 2.37. The molecule has 0 radical (unpaired) electrons. The molecule has 0 saturated carbocycles. The average molecular weight is 460 g/mol. The maximum atomic E-state index is 13.4. The number of benzene rings is 2. The van der Waals surface area contributed by atoms with Gasteiger partial charge in [-0.25, -0.2) is 0 Å². The maximum Gasteiger partial charge on any atom is 0.435 e. The Hall–Kier alpha value is -2.16. The van der Waals surface area contributed by atoms with E-state index in [1.54, 1.807) is 42.5 Å². The van der Waals surface area contributed by atoms with Gasteiger partial charge in [-0.15, -0.1) is 0 Å². The number of aromatic nitrogens is 2. The van der Waals surface area contributed by atoms with Crippen LogP contribution in [-0.2, 0) is 24.7 Å². The molecule has 2 aromatic carbocycles. The highest BCUT2D eigenvalue weighted by atomic mass is 35.5. The van der Waals surface area contributed by atoms with Gasteiger partial charge in [0.15, 0.2) is 5.69 Å². The van der Waals surface area contributed by atoms with Crippen LogP contribution in [0.3, 0.4) is 0 Å². The van der Waals surface area contributed by atoms with E-state index >= 15 is 0 Å². The van der Waals surface area contributed by atoms with Crippen molar-refractivity contribution >= 4 is 41.2 Å². The molecule has 29 heavy (non-hydrogen) atoms. The molecule has 0 amide bonds. The van der Waals surface area contributed by atoms with Crippen molar-refractivity contribution in [3.8, 4) is 0 Å². The van der Waals surface area contributed by atoms with Gasteiger partial charge >= 0.3 is 6.18 Å². The van der Waals surface area contributed by atoms with Crippen LogP contribution in [0.25, 0.3) is 0 Å². The van der Waals surface area contributed by atoms with Crippen molar-refractivity contribution in [1.82, 2.24) is 9.78 Å². The van der Waals surface area contributed by atoms with Crippen LogP contribution in [-0.4, -0.2) is 16.0 Å². The number of oxime groups is 1. The summed E-state index contributed by atoms with van der Waals surface area (Å²) in [7, 11) is 1.45. The molecule has 4 nitrogen and oxygen atoms in total. The van der Waals surface area contributed by atoms with Crippen LogP contribution < -0.4 is 0 Å². The molecule has 3 rings (SSSR count). The Bertz CT molecular complexity index is 1020. The Labute approximate surface area is 179 Å². The summed E-state index contributed by atoms with van der Waals surface area (Å²) >= 11 is 13.0. The van der Waals surface area contributed by atoms with Crippen LogP contribution in [0.2, 0.25) is 10.0 Å². The fourth-order valence-corrected chi connectivity index (χ4v) is 3.82. The summed E-state index contributed by atoms with van der Waals surface area (Å²) in [6.45, 7) is -0.0186. The third-order valence-corrected chi connectivity index (χ3v) is 5.52. The molecule has 0 spiro atoms. The quantitative estimate of drug-likeness (QED) is 0.314. The van der Waals surface area contributed by atoms with Gasteiger partial charge in [0.2, 0.25) is 0 Å². The predicted molar refractivity (Wildman–Crippen MR) is 108 cm³/mol. The first kappa shape index (κ1) is 21.5. The second kappa shape index (κ2) is 9.11. The van der Waals surface area contributed by atoms with E-state index in [2.05, 4.69) is 10.3 Å². The van der Waals surface area contributed by atoms with Crippen molar-refractivity contribution in [3.05, 3.63) is 75.4 Å². The minimum absolute atomic E-state index is 0.0186. The summed E-state index contributed by atoms with van der Waals surface area (Å²) in [5.41, 5.74) is -0.597. The molecule has 3 aromatic rings. The summed E-state index contributed by atoms with van der Waals surface area (Å²) in [6, 6.07) is 13.9. The molecule has 10 heteroatoms. The van der Waals surface area contributed by atoms with Crippen molar-refractivity contribution < 1.29 is 18.0 Å². The average Bonchev–Trinajstić information content (AvgIpc) is 2.97. The zero-order chi connectivity index (χ0) is 21.0. The zero-order valence-electron chi connectivity index (χ0n) is 15.0. The summed E-state index contributed by atoms with van der Waals surface area (Å²) in [4.78, 5) is 5.93. The van der Waals surface area contributed by atoms with Crippen LogP contribution in [0.15, 0.2) is 63.6 Å². The van der Waals surface area contributed by atoms with E-state index in [-0.39, 0.29) is 12.2 Å². The van der Waals surface area contributed by atoms with E-state index in [1.165, 1.54) is 11.7 Å². The van der Waals surface area contributed by atoms with Gasteiger partial charge in [0, 0.05) is 27.6 Å². The molecule has 0 atom stereocenters. The molecule has 0 aliphatic carbocycles. The Morgan fingerprint density at radius 2 is 1.90 bits per heavy atom. The number of aryl methyl sites for hydroxylation is 1. The van der Waals surface area contributed by atoms with Crippen molar-refractivity contribution in [2.24, 2.45) is 12.2 Å². The first-order valence-electron chi connectivity index (χ1n) is 8.22. The molecule has 0 unspecified atom stereocenters. The second-order valence-electron chi connectivity index (χ2n) is 5.85. The van der Waals surface area contributed by atoms with Gasteiger partial charge in [-0.2, -0.15) is 18.3 Å². The lowest BCUT2D eigenvalue weighted by atomic mass is 10.2. The molecule has 0 fully saturated rings. The molecule has 0 aliphatic rings. The van der Waals surface area contributed by atoms with E-state index < -0.39 is 11.9 Å². The summed E-state index contributed by atoms with van der Waals surface area (Å²) in [5, 5.41) is 8.47. The molecule has 0 saturated heterocycles.